The van der Waals surface area contributed by atoms with Crippen LogP contribution in [0.2, 0.25) is 13.3 Å². The number of unbranched alkanes of at least 4 members (excludes halogenated alkanes) is 3. The average molecular weight is 505 g/mol. The van der Waals surface area contributed by atoms with E-state index in [0.29, 0.717) is 0 Å². The van der Waals surface area contributed by atoms with Crippen molar-refractivity contribution in [3.63, 3.8) is 0 Å². The van der Waals surface area contributed by atoms with Crippen molar-refractivity contribution in [2.75, 3.05) is 7.11 Å². The Kier molecular flexibility index (Phi) is 10.9. The van der Waals surface area contributed by atoms with Crippen LogP contribution >= 0.6 is 11.8 Å². The fraction of sp³-hybridized carbons (Fsp3) is 0.520. The van der Waals surface area contributed by atoms with Gasteiger partial charge in [-0.3, -0.25) is 0 Å². The van der Waals surface area contributed by atoms with Gasteiger partial charge in [0.1, 0.15) is 0 Å². The first-order valence-electron chi connectivity index (χ1n) is 11.1. The topological polar surface area (TPSA) is 9.23 Å². The molecule has 28 heavy (non-hydrogen) atoms. The van der Waals surface area contributed by atoms with Crippen LogP contribution in [0.25, 0.3) is 0 Å². The van der Waals surface area contributed by atoms with Crippen molar-refractivity contribution in [3.05, 3.63) is 48.5 Å². The molecule has 0 heterocycles. The molecule has 154 valence electrons. The molecule has 0 radical (unpaired) electrons. The standard InChI is InChI=1S/C13H11OS.3C4H9.Sn/c1-14-11-6-5-9-13(10-11)15-12-7-3-2-4-8-12;3*1-3-4-2;/h2-9H,1H3;3*1,3-4H2,2H3;. The Morgan fingerprint density at radius 2 is 1.32 bits per heavy atom. The molecule has 0 spiro atoms. The fourth-order valence-corrected chi connectivity index (χ4v) is 23.8. The molecule has 0 aliphatic rings. The van der Waals surface area contributed by atoms with Crippen molar-refractivity contribution in [2.45, 2.75) is 82.4 Å². The van der Waals surface area contributed by atoms with Gasteiger partial charge in [0.05, 0.1) is 0 Å². The van der Waals surface area contributed by atoms with Crippen LogP contribution < -0.4 is 8.32 Å². The van der Waals surface area contributed by atoms with Crippen LogP contribution in [0.5, 0.6) is 5.75 Å². The summed E-state index contributed by atoms with van der Waals surface area (Å²) in [5, 5.41) is 0. The van der Waals surface area contributed by atoms with E-state index in [2.05, 4.69) is 69.3 Å². The van der Waals surface area contributed by atoms with E-state index in [0.717, 1.165) is 0 Å². The molecule has 0 bridgehead atoms. The van der Waals surface area contributed by atoms with E-state index in [4.69, 9.17) is 4.74 Å². The third-order valence-electron chi connectivity index (χ3n) is 5.74. The van der Waals surface area contributed by atoms with Crippen molar-refractivity contribution < 1.29 is 4.74 Å². The number of methoxy groups -OCH3 is 1. The van der Waals surface area contributed by atoms with Gasteiger partial charge in [0, 0.05) is 0 Å². The quantitative estimate of drug-likeness (QED) is 0.256. The number of hydrogen-bond donors (Lipinski definition) is 0. The molecule has 0 saturated carbocycles. The maximum absolute atomic E-state index is 6.01. The predicted octanol–water partition coefficient (Wildman–Crippen LogP) is 7.90. The van der Waals surface area contributed by atoms with E-state index >= 15 is 0 Å². The SMILES string of the molecule is CCC[CH2][Sn]([CH2]CCC)([CH2]CCC)[c]1c(OC)cccc1Sc1ccccc1. The monoisotopic (exact) mass is 506 g/mol. The van der Waals surface area contributed by atoms with E-state index in [1.54, 1.807) is 3.58 Å². The van der Waals surface area contributed by atoms with Crippen LogP contribution in [-0.2, 0) is 0 Å². The van der Waals surface area contributed by atoms with Crippen LogP contribution in [0.1, 0.15) is 59.3 Å². The first kappa shape index (κ1) is 23.7. The molecule has 3 heteroatoms. The van der Waals surface area contributed by atoms with E-state index in [9.17, 15) is 0 Å². The van der Waals surface area contributed by atoms with Gasteiger partial charge in [0.2, 0.25) is 0 Å². The average Bonchev–Trinajstić information content (AvgIpc) is 2.74. The summed E-state index contributed by atoms with van der Waals surface area (Å²) in [6.07, 6.45) is 8.01. The van der Waals surface area contributed by atoms with Crippen molar-refractivity contribution in [1.82, 2.24) is 0 Å². The Labute approximate surface area is 181 Å². The van der Waals surface area contributed by atoms with Gasteiger partial charge < -0.3 is 0 Å². The molecular weight excluding hydrogens is 467 g/mol. The second-order valence-corrected chi connectivity index (χ2v) is 22.0. The molecule has 2 rings (SSSR count). The van der Waals surface area contributed by atoms with E-state index in [1.807, 2.05) is 18.9 Å². The first-order chi connectivity index (χ1) is 13.7. The molecular formula is C25H38OSSn. The minimum atomic E-state index is -2.60. The third kappa shape index (κ3) is 6.45. The van der Waals surface area contributed by atoms with Crippen LogP contribution in [-0.4, -0.2) is 25.5 Å². The van der Waals surface area contributed by atoms with E-state index in [1.165, 1.54) is 67.4 Å². The van der Waals surface area contributed by atoms with Gasteiger partial charge in [-0.05, 0) is 0 Å². The molecule has 0 unspecified atom stereocenters. The van der Waals surface area contributed by atoms with Gasteiger partial charge in [-0.25, -0.2) is 0 Å². The Morgan fingerprint density at radius 1 is 0.750 bits per heavy atom. The normalized spacial score (nSPS) is 11.6. The Balaban J connectivity index is 2.56. The van der Waals surface area contributed by atoms with Crippen molar-refractivity contribution in [3.8, 4) is 5.75 Å². The molecule has 2 aromatic carbocycles. The summed E-state index contributed by atoms with van der Waals surface area (Å²) in [6.45, 7) is 7.04. The zero-order valence-corrected chi connectivity index (χ0v) is 22.0. The first-order valence-corrected chi connectivity index (χ1v) is 19.4. The summed E-state index contributed by atoms with van der Waals surface area (Å²) in [5.74, 6) is 1.17. The fourth-order valence-electron chi connectivity index (χ4n) is 4.20. The maximum atomic E-state index is 6.01. The van der Waals surface area contributed by atoms with Crippen LogP contribution in [0.3, 0.4) is 0 Å². The molecule has 0 amide bonds. The van der Waals surface area contributed by atoms with Crippen molar-refractivity contribution in [2.24, 2.45) is 0 Å². The van der Waals surface area contributed by atoms with Gasteiger partial charge in [-0.15, -0.1) is 0 Å². The van der Waals surface area contributed by atoms with Crippen LogP contribution in [0.4, 0.5) is 0 Å². The van der Waals surface area contributed by atoms with E-state index < -0.39 is 18.4 Å². The summed E-state index contributed by atoms with van der Waals surface area (Å²) < 4.78 is 12.1. The molecule has 1 nitrogen and oxygen atoms in total. The second kappa shape index (κ2) is 12.8. The summed E-state index contributed by atoms with van der Waals surface area (Å²) in [6, 6.07) is 17.6. The number of ether oxygens (including phenoxy) is 1. The number of rotatable bonds is 13. The summed E-state index contributed by atoms with van der Waals surface area (Å²) in [7, 11) is 1.87. The molecule has 0 aliphatic heterocycles. The Bertz CT molecular complexity index is 664. The molecule has 0 N–H and O–H groups in total. The zero-order chi connectivity index (χ0) is 20.2. The van der Waals surface area contributed by atoms with Crippen molar-refractivity contribution >= 4 is 33.7 Å². The summed E-state index contributed by atoms with van der Waals surface area (Å²) in [4.78, 5) is 2.79. The van der Waals surface area contributed by atoms with Gasteiger partial charge >= 0.3 is 182 Å². The summed E-state index contributed by atoms with van der Waals surface area (Å²) in [5.41, 5.74) is 0. The van der Waals surface area contributed by atoms with Gasteiger partial charge in [0.25, 0.3) is 0 Å². The van der Waals surface area contributed by atoms with E-state index in [-0.39, 0.29) is 0 Å². The van der Waals surface area contributed by atoms with Gasteiger partial charge in [-0.1, -0.05) is 0 Å². The zero-order valence-electron chi connectivity index (χ0n) is 18.3. The van der Waals surface area contributed by atoms with Gasteiger partial charge in [0.15, 0.2) is 0 Å². The molecule has 0 aliphatic carbocycles. The van der Waals surface area contributed by atoms with Gasteiger partial charge in [-0.2, -0.15) is 0 Å². The van der Waals surface area contributed by atoms with Crippen LogP contribution in [0, 0.1) is 0 Å². The van der Waals surface area contributed by atoms with Crippen molar-refractivity contribution in [1.29, 1.82) is 0 Å². The molecule has 0 fully saturated rings. The Morgan fingerprint density at radius 3 is 1.82 bits per heavy atom. The Hall–Kier alpha value is -0.611. The molecule has 2 aromatic rings. The minimum absolute atomic E-state index is 1.17. The third-order valence-corrected chi connectivity index (χ3v) is 23.0. The second-order valence-electron chi connectivity index (χ2n) is 7.84. The number of hydrogen-bond acceptors (Lipinski definition) is 2. The predicted molar refractivity (Wildman–Crippen MR) is 128 cm³/mol. The number of benzene rings is 2. The molecule has 0 atom stereocenters. The molecule has 0 aromatic heterocycles. The van der Waals surface area contributed by atoms with Crippen LogP contribution in [0.15, 0.2) is 58.3 Å². The molecule has 0 saturated heterocycles. The summed E-state index contributed by atoms with van der Waals surface area (Å²) >= 11 is -0.652.